The molecule has 4 heteroatoms. The average molecular weight is 254 g/mol. The molecule has 0 bridgehead atoms. The molecule has 3 N–H and O–H groups in total. The molecule has 3 rings (SSSR count). The molecule has 0 saturated heterocycles. The number of aromatic nitrogens is 2. The number of nitrogen functional groups attached to an aromatic ring is 1. The van der Waals surface area contributed by atoms with E-state index in [1.165, 1.54) is 11.3 Å². The minimum atomic E-state index is 0.215. The molecule has 0 amide bonds. The lowest BCUT2D eigenvalue weighted by atomic mass is 10.1. The summed E-state index contributed by atoms with van der Waals surface area (Å²) in [6.07, 6.45) is 3.32. The number of hydrogen-bond acceptors (Lipinski definition) is 4. The number of fused-ring (bicyclic) bond motifs is 1. The molecule has 1 aromatic carbocycles. The molecule has 2 aromatic rings. The van der Waals surface area contributed by atoms with Gasteiger partial charge >= 0.3 is 0 Å². The first-order valence-electron chi connectivity index (χ1n) is 6.68. The fourth-order valence-electron chi connectivity index (χ4n) is 2.65. The van der Waals surface area contributed by atoms with E-state index >= 15 is 0 Å². The van der Waals surface area contributed by atoms with Gasteiger partial charge in [0.25, 0.3) is 0 Å². The Bertz CT molecular complexity index is 574. The van der Waals surface area contributed by atoms with E-state index in [4.69, 9.17) is 5.73 Å². The fraction of sp³-hybridized carbons (Fsp3) is 0.333. The highest BCUT2D eigenvalue weighted by Crippen LogP contribution is 2.30. The minimum absolute atomic E-state index is 0.215. The molecule has 0 fully saturated rings. The zero-order valence-electron chi connectivity index (χ0n) is 11.1. The van der Waals surface area contributed by atoms with Crippen LogP contribution in [0.15, 0.2) is 30.3 Å². The first-order chi connectivity index (χ1) is 9.22. The van der Waals surface area contributed by atoms with E-state index in [9.17, 15) is 0 Å². The van der Waals surface area contributed by atoms with Crippen molar-refractivity contribution in [3.8, 4) is 0 Å². The van der Waals surface area contributed by atoms with Gasteiger partial charge in [-0.1, -0.05) is 18.2 Å². The molecular formula is C15H18N4. The van der Waals surface area contributed by atoms with Crippen molar-refractivity contribution in [1.82, 2.24) is 9.97 Å². The highest BCUT2D eigenvalue weighted by atomic mass is 15.0. The first-order valence-corrected chi connectivity index (χ1v) is 6.68. The molecule has 0 saturated carbocycles. The Morgan fingerprint density at radius 1 is 1.26 bits per heavy atom. The quantitative estimate of drug-likeness (QED) is 0.821. The van der Waals surface area contributed by atoms with Crippen LogP contribution in [0.5, 0.6) is 0 Å². The summed E-state index contributed by atoms with van der Waals surface area (Å²) in [5, 5.41) is 3.58. The summed E-state index contributed by atoms with van der Waals surface area (Å²) in [6, 6.07) is 10.7. The summed E-state index contributed by atoms with van der Waals surface area (Å²) in [7, 11) is 0. The van der Waals surface area contributed by atoms with Gasteiger partial charge in [-0.05, 0) is 43.9 Å². The summed E-state index contributed by atoms with van der Waals surface area (Å²) < 4.78 is 0. The van der Waals surface area contributed by atoms with Crippen LogP contribution in [0.25, 0.3) is 0 Å². The Balaban J connectivity index is 1.94. The van der Waals surface area contributed by atoms with E-state index in [2.05, 4.69) is 39.6 Å². The maximum Gasteiger partial charge on any atom is 0.220 e. The molecule has 0 radical (unpaired) electrons. The lowest BCUT2D eigenvalue weighted by Gasteiger charge is -2.18. The van der Waals surface area contributed by atoms with Crippen molar-refractivity contribution >= 4 is 11.6 Å². The zero-order valence-corrected chi connectivity index (χ0v) is 11.1. The topological polar surface area (TPSA) is 63.8 Å². The van der Waals surface area contributed by atoms with Crippen LogP contribution < -0.4 is 11.1 Å². The number of rotatable bonds is 1. The number of anilines is 2. The lowest BCUT2D eigenvalue weighted by molar-refractivity contribution is 0.646. The molecule has 4 nitrogen and oxygen atoms in total. The molecule has 1 atom stereocenters. The molecular weight excluding hydrogens is 236 g/mol. The highest BCUT2D eigenvalue weighted by molar-refractivity contribution is 5.53. The zero-order chi connectivity index (χ0) is 13.2. The number of nitrogens with zero attached hydrogens (tertiary/aromatic N) is 2. The van der Waals surface area contributed by atoms with E-state index < -0.39 is 0 Å². The third-order valence-electron chi connectivity index (χ3n) is 3.53. The van der Waals surface area contributed by atoms with Gasteiger partial charge in [-0.15, -0.1) is 0 Å². The number of aryl methyl sites for hydroxylation is 2. The van der Waals surface area contributed by atoms with E-state index in [1.807, 2.05) is 13.0 Å². The van der Waals surface area contributed by atoms with Crippen molar-refractivity contribution in [3.05, 3.63) is 47.3 Å². The van der Waals surface area contributed by atoms with Crippen molar-refractivity contribution in [2.75, 3.05) is 11.1 Å². The van der Waals surface area contributed by atoms with Gasteiger partial charge in [0.05, 0.1) is 11.7 Å². The molecule has 2 heterocycles. The molecule has 1 aromatic heterocycles. The number of para-hydroxylation sites is 1. The van der Waals surface area contributed by atoms with E-state index in [0.717, 1.165) is 30.7 Å². The van der Waals surface area contributed by atoms with Crippen molar-refractivity contribution in [2.45, 2.75) is 32.2 Å². The Hall–Kier alpha value is -2.10. The van der Waals surface area contributed by atoms with Crippen LogP contribution >= 0.6 is 0 Å². The van der Waals surface area contributed by atoms with Gasteiger partial charge in [-0.3, -0.25) is 0 Å². The number of nitrogens with one attached hydrogen (secondary N) is 1. The van der Waals surface area contributed by atoms with Crippen molar-refractivity contribution < 1.29 is 0 Å². The molecule has 98 valence electrons. The van der Waals surface area contributed by atoms with Gasteiger partial charge < -0.3 is 11.1 Å². The molecule has 19 heavy (non-hydrogen) atoms. The third-order valence-corrected chi connectivity index (χ3v) is 3.53. The standard InChI is InChI=1S/C15H18N4/c1-10-9-14(19-15(16)17-10)13-8-4-6-11-5-2-3-7-12(11)18-13/h2-3,5,7,9,13,18H,4,6,8H2,1H3,(H2,16,17,19). The van der Waals surface area contributed by atoms with Gasteiger partial charge in [0.2, 0.25) is 5.95 Å². The van der Waals surface area contributed by atoms with E-state index in [1.54, 1.807) is 0 Å². The summed E-state index contributed by atoms with van der Waals surface area (Å²) in [6.45, 7) is 1.95. The Morgan fingerprint density at radius 3 is 2.95 bits per heavy atom. The van der Waals surface area contributed by atoms with Crippen molar-refractivity contribution in [2.24, 2.45) is 0 Å². The highest BCUT2D eigenvalue weighted by Gasteiger charge is 2.18. The second-order valence-electron chi connectivity index (χ2n) is 5.04. The molecule has 0 spiro atoms. The van der Waals surface area contributed by atoms with Crippen LogP contribution in [-0.2, 0) is 6.42 Å². The Kier molecular flexibility index (Phi) is 3.07. The molecule has 1 aliphatic rings. The molecule has 1 aliphatic heterocycles. The lowest BCUT2D eigenvalue weighted by Crippen LogP contribution is -2.13. The first kappa shape index (κ1) is 12.0. The Labute approximate surface area is 113 Å². The van der Waals surface area contributed by atoms with Crippen LogP contribution in [0.4, 0.5) is 11.6 Å². The van der Waals surface area contributed by atoms with Gasteiger partial charge in [0, 0.05) is 11.4 Å². The van der Waals surface area contributed by atoms with Crippen LogP contribution in [-0.4, -0.2) is 9.97 Å². The largest absolute Gasteiger partial charge is 0.376 e. The summed E-state index contributed by atoms with van der Waals surface area (Å²) >= 11 is 0. The molecule has 0 aliphatic carbocycles. The van der Waals surface area contributed by atoms with Gasteiger partial charge in [0.1, 0.15) is 0 Å². The summed E-state index contributed by atoms with van der Waals surface area (Å²) in [4.78, 5) is 8.51. The normalized spacial score (nSPS) is 18.3. The maximum atomic E-state index is 5.75. The minimum Gasteiger partial charge on any atom is -0.376 e. The van der Waals surface area contributed by atoms with Gasteiger partial charge in [-0.2, -0.15) is 0 Å². The van der Waals surface area contributed by atoms with Gasteiger partial charge in [-0.25, -0.2) is 9.97 Å². The predicted molar refractivity (Wildman–Crippen MR) is 76.9 cm³/mol. The third kappa shape index (κ3) is 2.52. The second-order valence-corrected chi connectivity index (χ2v) is 5.04. The smallest absolute Gasteiger partial charge is 0.220 e. The second kappa shape index (κ2) is 4.88. The monoisotopic (exact) mass is 254 g/mol. The van der Waals surface area contributed by atoms with Crippen LogP contribution in [0, 0.1) is 6.92 Å². The fourth-order valence-corrected chi connectivity index (χ4v) is 2.65. The summed E-state index contributed by atoms with van der Waals surface area (Å²) in [5.41, 5.74) is 10.2. The van der Waals surface area contributed by atoms with Crippen LogP contribution in [0.3, 0.4) is 0 Å². The number of nitrogens with two attached hydrogens (primary N) is 1. The summed E-state index contributed by atoms with van der Waals surface area (Å²) in [5.74, 6) is 0.356. The van der Waals surface area contributed by atoms with Crippen LogP contribution in [0.1, 0.15) is 35.8 Å². The Morgan fingerprint density at radius 2 is 2.11 bits per heavy atom. The number of hydrogen-bond donors (Lipinski definition) is 2. The van der Waals surface area contributed by atoms with Crippen LogP contribution in [0.2, 0.25) is 0 Å². The average Bonchev–Trinajstić information content (AvgIpc) is 2.59. The molecule has 1 unspecified atom stereocenters. The predicted octanol–water partition coefficient (Wildman–Crippen LogP) is 2.86. The van der Waals surface area contributed by atoms with Crippen molar-refractivity contribution in [1.29, 1.82) is 0 Å². The van der Waals surface area contributed by atoms with E-state index in [-0.39, 0.29) is 6.04 Å². The maximum absolute atomic E-state index is 5.75. The van der Waals surface area contributed by atoms with Crippen molar-refractivity contribution in [3.63, 3.8) is 0 Å². The van der Waals surface area contributed by atoms with Gasteiger partial charge in [0.15, 0.2) is 0 Å². The SMILES string of the molecule is Cc1cc(C2CCCc3ccccc3N2)nc(N)n1. The number of benzene rings is 1. The van der Waals surface area contributed by atoms with E-state index in [0.29, 0.717) is 5.95 Å².